The Morgan fingerprint density at radius 3 is 2.74 bits per heavy atom. The summed E-state index contributed by atoms with van der Waals surface area (Å²) in [5.41, 5.74) is 3.97. The minimum absolute atomic E-state index is 0.127. The number of amides is 1. The van der Waals surface area contributed by atoms with Gasteiger partial charge in [0.1, 0.15) is 11.3 Å². The summed E-state index contributed by atoms with van der Waals surface area (Å²) in [6, 6.07) is 12.6. The predicted molar refractivity (Wildman–Crippen MR) is 107 cm³/mol. The van der Waals surface area contributed by atoms with Crippen LogP contribution in [0.25, 0.3) is 11.0 Å². The fourth-order valence-corrected chi connectivity index (χ4v) is 3.00. The van der Waals surface area contributed by atoms with Crippen molar-refractivity contribution in [1.82, 2.24) is 0 Å². The minimum Gasteiger partial charge on any atom is -0.484 e. The SMILES string of the molecule is CCCc1cc(=O)oc2cc(OCC(=O)Nc3cccc(C)c3C)ccc12. The molecule has 1 amide bonds. The summed E-state index contributed by atoms with van der Waals surface area (Å²) in [6.45, 7) is 5.90. The lowest BCUT2D eigenvalue weighted by Gasteiger charge is -2.11. The number of nitrogens with one attached hydrogen (secondary N) is 1. The largest absolute Gasteiger partial charge is 0.484 e. The molecule has 1 N–H and O–H groups in total. The van der Waals surface area contributed by atoms with Crippen molar-refractivity contribution < 1.29 is 13.9 Å². The average molecular weight is 365 g/mol. The van der Waals surface area contributed by atoms with Gasteiger partial charge in [0, 0.05) is 23.2 Å². The molecule has 0 radical (unpaired) electrons. The zero-order valence-electron chi connectivity index (χ0n) is 15.8. The third-order valence-electron chi connectivity index (χ3n) is 4.57. The van der Waals surface area contributed by atoms with Gasteiger partial charge in [-0.3, -0.25) is 4.79 Å². The summed E-state index contributed by atoms with van der Waals surface area (Å²) >= 11 is 0. The van der Waals surface area contributed by atoms with Gasteiger partial charge in [0.05, 0.1) is 0 Å². The standard InChI is InChI=1S/C22H23NO4/c1-4-6-16-11-22(25)27-20-12-17(9-10-18(16)20)26-13-21(24)23-19-8-5-7-14(2)15(19)3/h5,7-12H,4,6,13H2,1-3H3,(H,23,24). The number of carbonyl (C=O) groups is 1. The van der Waals surface area contributed by atoms with Crippen LogP contribution < -0.4 is 15.7 Å². The second-order valence-electron chi connectivity index (χ2n) is 6.58. The van der Waals surface area contributed by atoms with Gasteiger partial charge in [-0.25, -0.2) is 4.79 Å². The molecule has 140 valence electrons. The van der Waals surface area contributed by atoms with E-state index in [1.165, 1.54) is 6.07 Å². The minimum atomic E-state index is -0.379. The Labute approximate surface area is 158 Å². The molecule has 27 heavy (non-hydrogen) atoms. The number of fused-ring (bicyclic) bond motifs is 1. The van der Waals surface area contributed by atoms with Crippen LogP contribution in [0.3, 0.4) is 0 Å². The molecule has 0 atom stereocenters. The molecule has 0 aliphatic carbocycles. The molecule has 3 rings (SSSR count). The summed E-state index contributed by atoms with van der Waals surface area (Å²) in [6.07, 6.45) is 1.75. The summed E-state index contributed by atoms with van der Waals surface area (Å²) < 4.78 is 10.9. The molecule has 3 aromatic rings. The predicted octanol–water partition coefficient (Wildman–Crippen LogP) is 4.38. The highest BCUT2D eigenvalue weighted by Crippen LogP contribution is 2.24. The second-order valence-corrected chi connectivity index (χ2v) is 6.58. The van der Waals surface area contributed by atoms with Crippen molar-refractivity contribution in [2.24, 2.45) is 0 Å². The summed E-state index contributed by atoms with van der Waals surface area (Å²) in [5, 5.41) is 3.75. The maximum Gasteiger partial charge on any atom is 0.336 e. The van der Waals surface area contributed by atoms with Crippen LogP contribution in [-0.4, -0.2) is 12.5 Å². The van der Waals surface area contributed by atoms with Gasteiger partial charge in [0.2, 0.25) is 0 Å². The molecular formula is C22H23NO4. The zero-order chi connectivity index (χ0) is 19.4. The van der Waals surface area contributed by atoms with Gasteiger partial charge in [-0.15, -0.1) is 0 Å². The van der Waals surface area contributed by atoms with Crippen molar-refractivity contribution in [3.8, 4) is 5.75 Å². The first-order valence-corrected chi connectivity index (χ1v) is 9.03. The molecule has 0 saturated heterocycles. The molecule has 0 unspecified atom stereocenters. The van der Waals surface area contributed by atoms with Gasteiger partial charge in [-0.1, -0.05) is 25.5 Å². The van der Waals surface area contributed by atoms with E-state index in [4.69, 9.17) is 9.15 Å². The molecule has 5 heteroatoms. The highest BCUT2D eigenvalue weighted by Gasteiger charge is 2.09. The van der Waals surface area contributed by atoms with E-state index < -0.39 is 0 Å². The Morgan fingerprint density at radius 1 is 1.15 bits per heavy atom. The molecule has 0 saturated carbocycles. The third kappa shape index (κ3) is 4.37. The highest BCUT2D eigenvalue weighted by atomic mass is 16.5. The number of anilines is 1. The van der Waals surface area contributed by atoms with Crippen LogP contribution in [0.15, 0.2) is 51.7 Å². The summed E-state index contributed by atoms with van der Waals surface area (Å²) in [5.74, 6) is 0.236. The number of benzene rings is 2. The first-order chi connectivity index (χ1) is 13.0. The van der Waals surface area contributed by atoms with Crippen molar-refractivity contribution in [2.75, 3.05) is 11.9 Å². The van der Waals surface area contributed by atoms with E-state index in [0.717, 1.165) is 40.6 Å². The van der Waals surface area contributed by atoms with Gasteiger partial charge in [0.25, 0.3) is 5.91 Å². The van der Waals surface area contributed by atoms with E-state index in [2.05, 4.69) is 12.2 Å². The van der Waals surface area contributed by atoms with E-state index in [9.17, 15) is 9.59 Å². The Morgan fingerprint density at radius 2 is 1.96 bits per heavy atom. The van der Waals surface area contributed by atoms with E-state index in [-0.39, 0.29) is 18.1 Å². The monoisotopic (exact) mass is 365 g/mol. The van der Waals surface area contributed by atoms with Crippen LogP contribution in [0.2, 0.25) is 0 Å². The maximum absolute atomic E-state index is 12.2. The Kier molecular flexibility index (Phi) is 5.60. The van der Waals surface area contributed by atoms with Crippen LogP contribution in [0.1, 0.15) is 30.0 Å². The van der Waals surface area contributed by atoms with Gasteiger partial charge in [-0.2, -0.15) is 0 Å². The smallest absolute Gasteiger partial charge is 0.336 e. The number of carbonyl (C=O) groups excluding carboxylic acids is 1. The summed E-state index contributed by atoms with van der Waals surface area (Å²) in [7, 11) is 0. The lowest BCUT2D eigenvalue weighted by atomic mass is 10.1. The van der Waals surface area contributed by atoms with Gasteiger partial charge < -0.3 is 14.5 Å². The lowest BCUT2D eigenvalue weighted by molar-refractivity contribution is -0.118. The Bertz CT molecular complexity index is 1040. The molecule has 5 nitrogen and oxygen atoms in total. The average Bonchev–Trinajstić information content (AvgIpc) is 2.63. The van der Waals surface area contributed by atoms with Crippen LogP contribution in [-0.2, 0) is 11.2 Å². The number of aryl methyl sites for hydroxylation is 2. The quantitative estimate of drug-likeness (QED) is 0.658. The van der Waals surface area contributed by atoms with E-state index in [1.54, 1.807) is 12.1 Å². The number of hydrogen-bond acceptors (Lipinski definition) is 4. The number of hydrogen-bond donors (Lipinski definition) is 1. The van der Waals surface area contributed by atoms with Crippen molar-refractivity contribution in [3.05, 3.63) is 69.6 Å². The van der Waals surface area contributed by atoms with Gasteiger partial charge >= 0.3 is 5.63 Å². The Balaban J connectivity index is 1.72. The molecule has 0 bridgehead atoms. The van der Waals surface area contributed by atoms with E-state index in [0.29, 0.717) is 11.3 Å². The van der Waals surface area contributed by atoms with Crippen molar-refractivity contribution in [1.29, 1.82) is 0 Å². The zero-order valence-corrected chi connectivity index (χ0v) is 15.8. The molecule has 0 spiro atoms. The topological polar surface area (TPSA) is 68.5 Å². The third-order valence-corrected chi connectivity index (χ3v) is 4.57. The van der Waals surface area contributed by atoms with Crippen LogP contribution in [0.5, 0.6) is 5.75 Å². The maximum atomic E-state index is 12.2. The van der Waals surface area contributed by atoms with Gasteiger partial charge in [-0.05, 0) is 55.2 Å². The number of rotatable bonds is 6. The van der Waals surface area contributed by atoms with E-state index >= 15 is 0 Å². The molecule has 0 aliphatic heterocycles. The van der Waals surface area contributed by atoms with E-state index in [1.807, 2.05) is 38.1 Å². The highest BCUT2D eigenvalue weighted by molar-refractivity contribution is 5.92. The van der Waals surface area contributed by atoms with Crippen molar-refractivity contribution in [2.45, 2.75) is 33.6 Å². The van der Waals surface area contributed by atoms with Crippen LogP contribution in [0, 0.1) is 13.8 Å². The molecule has 1 aromatic heterocycles. The number of ether oxygens (including phenoxy) is 1. The molecular weight excluding hydrogens is 342 g/mol. The second kappa shape index (κ2) is 8.08. The molecule has 0 fully saturated rings. The molecule has 1 heterocycles. The first-order valence-electron chi connectivity index (χ1n) is 9.03. The van der Waals surface area contributed by atoms with Crippen molar-refractivity contribution in [3.63, 3.8) is 0 Å². The van der Waals surface area contributed by atoms with Crippen LogP contribution >= 0.6 is 0 Å². The summed E-state index contributed by atoms with van der Waals surface area (Å²) in [4.78, 5) is 23.9. The molecule has 2 aromatic carbocycles. The first kappa shape index (κ1) is 18.7. The van der Waals surface area contributed by atoms with Gasteiger partial charge in [0.15, 0.2) is 6.61 Å². The van der Waals surface area contributed by atoms with Crippen LogP contribution in [0.4, 0.5) is 5.69 Å². The fraction of sp³-hybridized carbons (Fsp3) is 0.273. The fourth-order valence-electron chi connectivity index (χ4n) is 3.00. The molecule has 0 aliphatic rings. The van der Waals surface area contributed by atoms with Crippen molar-refractivity contribution >= 4 is 22.6 Å². The normalized spacial score (nSPS) is 10.8. The Hall–Kier alpha value is -3.08. The lowest BCUT2D eigenvalue weighted by Crippen LogP contribution is -2.20.